The maximum absolute atomic E-state index is 12.3. The molecule has 2 aliphatic rings. The summed E-state index contributed by atoms with van der Waals surface area (Å²) in [6.45, 7) is 0.622. The molecule has 1 unspecified atom stereocenters. The largest absolute Gasteiger partial charge is 0.467 e. The maximum Gasteiger partial charge on any atom is 0.328 e. The highest BCUT2D eigenvalue weighted by Crippen LogP contribution is 2.33. The van der Waals surface area contributed by atoms with Gasteiger partial charge in [-0.3, -0.25) is 4.79 Å². The molecule has 102 valence electrons. The zero-order valence-electron chi connectivity index (χ0n) is 10.9. The second-order valence-electron chi connectivity index (χ2n) is 5.35. The van der Waals surface area contributed by atoms with Crippen molar-refractivity contribution >= 4 is 11.9 Å². The van der Waals surface area contributed by atoms with E-state index in [-0.39, 0.29) is 11.9 Å². The Kier molecular flexibility index (Phi) is 4.22. The van der Waals surface area contributed by atoms with E-state index in [1.807, 2.05) is 0 Å². The van der Waals surface area contributed by atoms with E-state index in [1.54, 1.807) is 4.90 Å². The Bertz CT molecular complexity index is 328. The van der Waals surface area contributed by atoms with Crippen molar-refractivity contribution in [3.05, 3.63) is 0 Å². The zero-order valence-corrected chi connectivity index (χ0v) is 10.9. The van der Waals surface area contributed by atoms with Gasteiger partial charge in [-0.25, -0.2) is 4.79 Å². The van der Waals surface area contributed by atoms with Crippen molar-refractivity contribution in [1.29, 1.82) is 0 Å². The molecule has 1 amide bonds. The Morgan fingerprint density at radius 2 is 2.06 bits per heavy atom. The molecular weight excluding hydrogens is 232 g/mol. The summed E-state index contributed by atoms with van der Waals surface area (Å²) >= 11 is 0. The molecule has 0 aromatic rings. The van der Waals surface area contributed by atoms with E-state index < -0.39 is 12.1 Å². The number of esters is 1. The molecule has 1 aliphatic carbocycles. The van der Waals surface area contributed by atoms with Gasteiger partial charge < -0.3 is 15.4 Å². The number of carbonyl (C=O) groups excluding carboxylic acids is 2. The summed E-state index contributed by atoms with van der Waals surface area (Å²) in [5.41, 5.74) is 5.95. The SMILES string of the molecule is COC(=O)C1CCCCN1C(=O)[C@@H](N)CC1CC1. The minimum absolute atomic E-state index is 0.0861. The number of ether oxygens (including phenoxy) is 1. The molecule has 0 aromatic heterocycles. The van der Waals surface area contributed by atoms with Gasteiger partial charge in [0, 0.05) is 6.54 Å². The molecule has 0 bridgehead atoms. The fraction of sp³-hybridized carbons (Fsp3) is 0.846. The molecule has 1 aliphatic heterocycles. The third-order valence-corrected chi connectivity index (χ3v) is 3.86. The van der Waals surface area contributed by atoms with Crippen LogP contribution in [0.5, 0.6) is 0 Å². The number of hydrogen-bond donors (Lipinski definition) is 1. The van der Waals surface area contributed by atoms with Crippen LogP contribution in [0.2, 0.25) is 0 Å². The highest BCUT2D eigenvalue weighted by molar-refractivity contribution is 5.87. The van der Waals surface area contributed by atoms with Gasteiger partial charge in [0.25, 0.3) is 0 Å². The van der Waals surface area contributed by atoms with Crippen molar-refractivity contribution in [2.45, 2.75) is 50.6 Å². The summed E-state index contributed by atoms with van der Waals surface area (Å²) in [6, 6.07) is -0.885. The van der Waals surface area contributed by atoms with Crippen LogP contribution in [0.4, 0.5) is 0 Å². The van der Waals surface area contributed by atoms with Crippen LogP contribution in [-0.4, -0.2) is 42.5 Å². The predicted molar refractivity (Wildman–Crippen MR) is 66.7 cm³/mol. The Labute approximate surface area is 108 Å². The summed E-state index contributed by atoms with van der Waals surface area (Å²) in [7, 11) is 1.36. The summed E-state index contributed by atoms with van der Waals surface area (Å²) in [6.07, 6.45) is 5.71. The number of nitrogens with zero attached hydrogens (tertiary/aromatic N) is 1. The summed E-state index contributed by atoms with van der Waals surface area (Å²) in [4.78, 5) is 25.6. The topological polar surface area (TPSA) is 72.6 Å². The lowest BCUT2D eigenvalue weighted by molar-refractivity contribution is -0.155. The first-order chi connectivity index (χ1) is 8.63. The average molecular weight is 254 g/mol. The Morgan fingerprint density at radius 1 is 1.33 bits per heavy atom. The lowest BCUT2D eigenvalue weighted by Crippen LogP contribution is -2.53. The number of methoxy groups -OCH3 is 1. The Balaban J connectivity index is 1.97. The quantitative estimate of drug-likeness (QED) is 0.748. The van der Waals surface area contributed by atoms with Crippen LogP contribution in [0.15, 0.2) is 0 Å². The van der Waals surface area contributed by atoms with Crippen LogP contribution in [0.1, 0.15) is 38.5 Å². The molecule has 2 rings (SSSR count). The van der Waals surface area contributed by atoms with Crippen molar-refractivity contribution in [2.24, 2.45) is 11.7 Å². The molecular formula is C13H22N2O3. The van der Waals surface area contributed by atoms with E-state index in [2.05, 4.69) is 0 Å². The van der Waals surface area contributed by atoms with Gasteiger partial charge in [-0.1, -0.05) is 12.8 Å². The minimum Gasteiger partial charge on any atom is -0.467 e. The second-order valence-corrected chi connectivity index (χ2v) is 5.35. The van der Waals surface area contributed by atoms with Gasteiger partial charge in [-0.15, -0.1) is 0 Å². The molecule has 0 aromatic carbocycles. The molecule has 1 saturated carbocycles. The van der Waals surface area contributed by atoms with E-state index in [0.29, 0.717) is 18.9 Å². The lowest BCUT2D eigenvalue weighted by Gasteiger charge is -2.35. The molecule has 2 atom stereocenters. The number of rotatable bonds is 4. The van der Waals surface area contributed by atoms with Crippen LogP contribution < -0.4 is 5.73 Å². The van der Waals surface area contributed by atoms with Crippen LogP contribution in [0, 0.1) is 5.92 Å². The minimum atomic E-state index is -0.456. The standard InChI is InChI=1S/C13H22N2O3/c1-18-13(17)11-4-2-3-7-15(11)12(16)10(14)8-9-5-6-9/h9-11H,2-8,14H2,1H3/t10-,11?/m0/s1. The number of hydrogen-bond acceptors (Lipinski definition) is 4. The predicted octanol–water partition coefficient (Wildman–Crippen LogP) is 0.668. The summed E-state index contributed by atoms with van der Waals surface area (Å²) in [5, 5.41) is 0. The lowest BCUT2D eigenvalue weighted by atomic mass is 10.00. The number of carbonyl (C=O) groups is 2. The van der Waals surface area contributed by atoms with Crippen LogP contribution in [0.3, 0.4) is 0 Å². The van der Waals surface area contributed by atoms with E-state index in [4.69, 9.17) is 10.5 Å². The van der Waals surface area contributed by atoms with Gasteiger partial charge in [0.2, 0.25) is 5.91 Å². The maximum atomic E-state index is 12.3. The van der Waals surface area contributed by atoms with E-state index in [0.717, 1.165) is 19.3 Å². The second kappa shape index (κ2) is 5.69. The number of piperidine rings is 1. The molecule has 2 N–H and O–H groups in total. The fourth-order valence-electron chi connectivity index (χ4n) is 2.60. The van der Waals surface area contributed by atoms with Crippen LogP contribution in [-0.2, 0) is 14.3 Å². The molecule has 1 heterocycles. The van der Waals surface area contributed by atoms with Crippen LogP contribution >= 0.6 is 0 Å². The highest BCUT2D eigenvalue weighted by Gasteiger charge is 2.36. The third-order valence-electron chi connectivity index (χ3n) is 3.86. The summed E-state index contributed by atoms with van der Waals surface area (Å²) < 4.78 is 4.77. The van der Waals surface area contributed by atoms with Crippen molar-refractivity contribution in [3.8, 4) is 0 Å². The normalized spacial score (nSPS) is 25.7. The van der Waals surface area contributed by atoms with E-state index in [9.17, 15) is 9.59 Å². The van der Waals surface area contributed by atoms with Gasteiger partial charge in [-0.05, 0) is 31.6 Å². The van der Waals surface area contributed by atoms with E-state index in [1.165, 1.54) is 20.0 Å². The molecule has 1 saturated heterocycles. The van der Waals surface area contributed by atoms with Crippen molar-refractivity contribution in [3.63, 3.8) is 0 Å². The third kappa shape index (κ3) is 3.02. The molecule has 5 nitrogen and oxygen atoms in total. The van der Waals surface area contributed by atoms with Crippen molar-refractivity contribution in [1.82, 2.24) is 4.90 Å². The summed E-state index contributed by atoms with van der Waals surface area (Å²) in [5.74, 6) is 0.212. The average Bonchev–Trinajstić information content (AvgIpc) is 3.20. The van der Waals surface area contributed by atoms with Gasteiger partial charge >= 0.3 is 5.97 Å². The molecule has 18 heavy (non-hydrogen) atoms. The van der Waals surface area contributed by atoms with E-state index >= 15 is 0 Å². The highest BCUT2D eigenvalue weighted by atomic mass is 16.5. The van der Waals surface area contributed by atoms with Crippen molar-refractivity contribution in [2.75, 3.05) is 13.7 Å². The first-order valence-electron chi connectivity index (χ1n) is 6.77. The van der Waals surface area contributed by atoms with Crippen molar-refractivity contribution < 1.29 is 14.3 Å². The van der Waals surface area contributed by atoms with Gasteiger partial charge in [-0.2, -0.15) is 0 Å². The smallest absolute Gasteiger partial charge is 0.328 e. The molecule has 2 fully saturated rings. The van der Waals surface area contributed by atoms with Gasteiger partial charge in [0.15, 0.2) is 0 Å². The monoisotopic (exact) mass is 254 g/mol. The number of likely N-dealkylation sites (tertiary alicyclic amines) is 1. The van der Waals surface area contributed by atoms with Gasteiger partial charge in [0.1, 0.15) is 6.04 Å². The first-order valence-corrected chi connectivity index (χ1v) is 6.77. The molecule has 0 radical (unpaired) electrons. The fourth-order valence-corrected chi connectivity index (χ4v) is 2.60. The zero-order chi connectivity index (χ0) is 13.1. The van der Waals surface area contributed by atoms with Gasteiger partial charge in [0.05, 0.1) is 13.2 Å². The number of amides is 1. The van der Waals surface area contributed by atoms with Crippen LogP contribution in [0.25, 0.3) is 0 Å². The molecule has 0 spiro atoms. The molecule has 5 heteroatoms. The Morgan fingerprint density at radius 3 is 2.67 bits per heavy atom. The Hall–Kier alpha value is -1.10. The number of nitrogens with two attached hydrogens (primary N) is 1. The first kappa shape index (κ1) is 13.3.